The number of halogens is 1. The fourth-order valence-corrected chi connectivity index (χ4v) is 2.74. The third kappa shape index (κ3) is 6.10. The van der Waals surface area contributed by atoms with Crippen LogP contribution in [0.1, 0.15) is 25.0 Å². The van der Waals surface area contributed by atoms with E-state index in [9.17, 15) is 0 Å². The molecule has 1 aromatic carbocycles. The molecule has 0 saturated heterocycles. The van der Waals surface area contributed by atoms with Gasteiger partial charge in [-0.05, 0) is 13.3 Å². The number of nitrogens with zero attached hydrogens (tertiary/aromatic N) is 3. The van der Waals surface area contributed by atoms with Crippen LogP contribution in [0.5, 0.6) is 0 Å². The number of allylic oxidation sites excluding steroid dienone is 9. The molecule has 0 spiro atoms. The Morgan fingerprint density at radius 3 is 2.39 bits per heavy atom. The smallest absolute Gasteiger partial charge is 0.164 e. The van der Waals surface area contributed by atoms with Gasteiger partial charge in [-0.15, -0.1) is 0 Å². The number of aromatic nitrogens is 3. The van der Waals surface area contributed by atoms with Gasteiger partial charge in [-0.25, -0.2) is 15.0 Å². The van der Waals surface area contributed by atoms with Crippen molar-refractivity contribution in [1.29, 1.82) is 0 Å². The number of benzene rings is 1. The van der Waals surface area contributed by atoms with Crippen molar-refractivity contribution < 1.29 is 0 Å². The van der Waals surface area contributed by atoms with Crippen LogP contribution >= 0.6 is 15.9 Å². The van der Waals surface area contributed by atoms with Gasteiger partial charge in [0, 0.05) is 22.0 Å². The number of hydrogen-bond donors (Lipinski definition) is 0. The van der Waals surface area contributed by atoms with Crippen LogP contribution in [-0.4, -0.2) is 20.3 Å². The molecule has 0 unspecified atom stereocenters. The highest BCUT2D eigenvalue weighted by Crippen LogP contribution is 2.22. The summed E-state index contributed by atoms with van der Waals surface area (Å²) >= 11 is 3.39. The van der Waals surface area contributed by atoms with E-state index in [2.05, 4.69) is 69.7 Å². The third-order valence-electron chi connectivity index (χ3n) is 3.85. The molecule has 1 aromatic heterocycles. The Hall–Kier alpha value is -2.85. The van der Waals surface area contributed by atoms with E-state index in [1.165, 1.54) is 5.57 Å². The summed E-state index contributed by atoms with van der Waals surface area (Å²) in [5, 5.41) is 0.846. The summed E-state index contributed by atoms with van der Waals surface area (Å²) in [4.78, 5) is 13.9. The first-order valence-electron chi connectivity index (χ1n) is 8.93. The number of rotatable bonds is 9. The molecule has 0 fully saturated rings. The van der Waals surface area contributed by atoms with Crippen molar-refractivity contribution in [1.82, 2.24) is 15.0 Å². The highest BCUT2D eigenvalue weighted by Gasteiger charge is 2.12. The molecule has 2 rings (SSSR count). The lowest BCUT2D eigenvalue weighted by Crippen LogP contribution is -2.04. The van der Waals surface area contributed by atoms with Gasteiger partial charge in [-0.2, -0.15) is 0 Å². The van der Waals surface area contributed by atoms with Gasteiger partial charge in [-0.1, -0.05) is 108 Å². The minimum Gasteiger partial charge on any atom is -0.208 e. The molecule has 0 aliphatic rings. The summed E-state index contributed by atoms with van der Waals surface area (Å²) in [5.41, 5.74) is 3.62. The van der Waals surface area contributed by atoms with Crippen molar-refractivity contribution in [2.45, 2.75) is 13.3 Å². The van der Waals surface area contributed by atoms with Crippen LogP contribution < -0.4 is 0 Å². The van der Waals surface area contributed by atoms with Crippen LogP contribution in [0.15, 0.2) is 92.1 Å². The average molecular weight is 434 g/mol. The molecule has 0 aliphatic heterocycles. The third-order valence-corrected chi connectivity index (χ3v) is 4.22. The summed E-state index contributed by atoms with van der Waals surface area (Å²) in [5.74, 6) is 1.69. The fourth-order valence-electron chi connectivity index (χ4n) is 2.48. The van der Waals surface area contributed by atoms with E-state index in [0.29, 0.717) is 17.5 Å². The molecule has 0 N–H and O–H groups in total. The maximum Gasteiger partial charge on any atom is 0.164 e. The van der Waals surface area contributed by atoms with Crippen LogP contribution in [0.25, 0.3) is 22.5 Å². The quantitative estimate of drug-likeness (QED) is 0.254. The zero-order chi connectivity index (χ0) is 20.4. The second kappa shape index (κ2) is 11.1. The van der Waals surface area contributed by atoms with Gasteiger partial charge in [0.2, 0.25) is 0 Å². The Labute approximate surface area is 175 Å². The summed E-state index contributed by atoms with van der Waals surface area (Å²) in [6.45, 7) is 13.9. The van der Waals surface area contributed by atoms with Crippen molar-refractivity contribution >= 4 is 27.1 Å². The summed E-state index contributed by atoms with van der Waals surface area (Å²) < 4.78 is 0. The zero-order valence-electron chi connectivity index (χ0n) is 16.1. The predicted octanol–water partition coefficient (Wildman–Crippen LogP) is 6.59. The fraction of sp³-hybridized carbons (Fsp3) is 0.125. The molecule has 2 aromatic rings. The minimum absolute atomic E-state index is 0.546. The van der Waals surface area contributed by atoms with Crippen molar-refractivity contribution in [2.75, 3.05) is 5.33 Å². The molecular formula is C24H24BrN3. The van der Waals surface area contributed by atoms with Crippen molar-refractivity contribution in [2.24, 2.45) is 0 Å². The van der Waals surface area contributed by atoms with Gasteiger partial charge in [0.15, 0.2) is 17.5 Å². The molecule has 3 nitrogen and oxygen atoms in total. The maximum atomic E-state index is 4.65. The topological polar surface area (TPSA) is 38.7 Å². The second-order valence-electron chi connectivity index (χ2n) is 6.08. The zero-order valence-corrected chi connectivity index (χ0v) is 17.7. The van der Waals surface area contributed by atoms with Crippen molar-refractivity contribution in [3.63, 3.8) is 0 Å². The van der Waals surface area contributed by atoms with E-state index in [4.69, 9.17) is 0 Å². The highest BCUT2D eigenvalue weighted by molar-refractivity contribution is 9.09. The molecule has 4 heteroatoms. The first-order valence-corrected chi connectivity index (χ1v) is 10.1. The monoisotopic (exact) mass is 433 g/mol. The van der Waals surface area contributed by atoms with Crippen molar-refractivity contribution in [3.05, 3.63) is 104 Å². The molecule has 0 amide bonds. The Kier molecular flexibility index (Phi) is 8.50. The van der Waals surface area contributed by atoms with E-state index in [0.717, 1.165) is 28.5 Å². The molecule has 0 bridgehead atoms. The normalized spacial score (nSPS) is 12.2. The highest BCUT2D eigenvalue weighted by atomic mass is 79.9. The molecule has 28 heavy (non-hydrogen) atoms. The lowest BCUT2D eigenvalue weighted by molar-refractivity contribution is 1.00. The van der Waals surface area contributed by atoms with Crippen LogP contribution in [0.3, 0.4) is 0 Å². The van der Waals surface area contributed by atoms with Gasteiger partial charge < -0.3 is 0 Å². The van der Waals surface area contributed by atoms with E-state index in [1.54, 1.807) is 12.2 Å². The average Bonchev–Trinajstić information content (AvgIpc) is 2.72. The van der Waals surface area contributed by atoms with Crippen LogP contribution in [0.4, 0.5) is 0 Å². The molecular weight excluding hydrogens is 410 g/mol. The van der Waals surface area contributed by atoms with Gasteiger partial charge >= 0.3 is 0 Å². The van der Waals surface area contributed by atoms with Gasteiger partial charge in [0.25, 0.3) is 0 Å². The van der Waals surface area contributed by atoms with E-state index in [1.807, 2.05) is 42.5 Å². The Balaban J connectivity index is 2.51. The molecule has 0 saturated carbocycles. The molecule has 0 aliphatic carbocycles. The van der Waals surface area contributed by atoms with E-state index >= 15 is 0 Å². The van der Waals surface area contributed by atoms with Crippen LogP contribution in [-0.2, 0) is 0 Å². The molecule has 0 radical (unpaired) electrons. The van der Waals surface area contributed by atoms with Gasteiger partial charge in [-0.3, -0.25) is 0 Å². The minimum atomic E-state index is 0.546. The first kappa shape index (κ1) is 21.5. The van der Waals surface area contributed by atoms with E-state index in [-0.39, 0.29) is 0 Å². The summed E-state index contributed by atoms with van der Waals surface area (Å²) in [7, 11) is 0. The number of hydrogen-bond acceptors (Lipinski definition) is 3. The second-order valence-corrected chi connectivity index (χ2v) is 6.73. The maximum absolute atomic E-state index is 4.65. The van der Waals surface area contributed by atoms with Crippen molar-refractivity contribution in [3.8, 4) is 11.4 Å². The van der Waals surface area contributed by atoms with Crippen LogP contribution in [0.2, 0.25) is 0 Å². The molecule has 142 valence electrons. The standard InChI is InChI=1S/C24H24BrN3/c1-5-12-20(6-2)23-26-22(19(4)17-18(3)13-10-11-16-25)27-24(28-23)21-14-8-7-9-15-21/h5-12,14-15,17H,1-2,4,13,16H2,3H3/b11-10-,18-17+,20-12+. The molecule has 0 atom stereocenters. The van der Waals surface area contributed by atoms with Crippen LogP contribution in [0, 0.1) is 0 Å². The van der Waals surface area contributed by atoms with Gasteiger partial charge in [0.1, 0.15) is 0 Å². The SMILES string of the molecule is C=C/C=C(\C=C)c1nc(C(=C)/C=C(\C)C/C=C\CBr)nc(-c2ccccc2)n1. The lowest BCUT2D eigenvalue weighted by Gasteiger charge is -2.09. The summed E-state index contributed by atoms with van der Waals surface area (Å²) in [6, 6.07) is 9.83. The largest absolute Gasteiger partial charge is 0.208 e. The lowest BCUT2D eigenvalue weighted by atomic mass is 10.1. The Morgan fingerprint density at radius 2 is 1.75 bits per heavy atom. The van der Waals surface area contributed by atoms with E-state index < -0.39 is 0 Å². The van der Waals surface area contributed by atoms with Gasteiger partial charge in [0.05, 0.1) is 0 Å². The number of alkyl halides is 1. The molecule has 1 heterocycles. The first-order chi connectivity index (χ1) is 13.6. The summed E-state index contributed by atoms with van der Waals surface area (Å²) in [6.07, 6.45) is 12.3. The Bertz CT molecular complexity index is 938. The Morgan fingerprint density at radius 1 is 1.04 bits per heavy atom. The predicted molar refractivity (Wildman–Crippen MR) is 124 cm³/mol.